The lowest BCUT2D eigenvalue weighted by Gasteiger charge is -2.15. The number of aromatic nitrogens is 2. The SMILES string of the molecule is C[C@H](Oc1ccc(C#N)cc1Cl)C(=O)Nc1ccc2[nH]c(=O)[nH]c2c1. The third-order valence-electron chi connectivity index (χ3n) is 3.52. The smallest absolute Gasteiger partial charge is 0.323 e. The fraction of sp³-hybridized carbons (Fsp3) is 0.118. The molecule has 0 fully saturated rings. The normalized spacial score (nSPS) is 11.7. The molecular weight excluding hydrogens is 344 g/mol. The first-order chi connectivity index (χ1) is 12.0. The maximum atomic E-state index is 12.3. The summed E-state index contributed by atoms with van der Waals surface area (Å²) in [7, 11) is 0. The van der Waals surface area contributed by atoms with Gasteiger partial charge in [0, 0.05) is 5.69 Å². The van der Waals surface area contributed by atoms with Crippen LogP contribution in [0, 0.1) is 11.3 Å². The van der Waals surface area contributed by atoms with Crippen molar-refractivity contribution in [2.45, 2.75) is 13.0 Å². The number of ether oxygens (including phenoxy) is 1. The van der Waals surface area contributed by atoms with Gasteiger partial charge in [0.2, 0.25) is 0 Å². The van der Waals surface area contributed by atoms with Gasteiger partial charge in [-0.15, -0.1) is 0 Å². The summed E-state index contributed by atoms with van der Waals surface area (Å²) in [6.07, 6.45) is -0.814. The third-order valence-corrected chi connectivity index (χ3v) is 3.81. The summed E-state index contributed by atoms with van der Waals surface area (Å²) in [5, 5.41) is 11.8. The molecule has 0 unspecified atom stereocenters. The number of aromatic amines is 2. The number of nitrogens with zero attached hydrogens (tertiary/aromatic N) is 1. The molecule has 0 aliphatic rings. The summed E-state index contributed by atoms with van der Waals surface area (Å²) < 4.78 is 5.55. The minimum atomic E-state index is -0.814. The van der Waals surface area contributed by atoms with E-state index >= 15 is 0 Å². The second kappa shape index (κ2) is 6.71. The summed E-state index contributed by atoms with van der Waals surface area (Å²) in [6.45, 7) is 1.58. The van der Waals surface area contributed by atoms with Gasteiger partial charge in [0.05, 0.1) is 27.7 Å². The molecule has 0 aliphatic heterocycles. The van der Waals surface area contributed by atoms with E-state index in [0.717, 1.165) is 0 Å². The average molecular weight is 357 g/mol. The molecule has 126 valence electrons. The second-order valence-corrected chi connectivity index (χ2v) is 5.75. The van der Waals surface area contributed by atoms with Crippen LogP contribution in [0.25, 0.3) is 11.0 Å². The van der Waals surface area contributed by atoms with Gasteiger partial charge in [0.15, 0.2) is 6.10 Å². The number of imidazole rings is 1. The van der Waals surface area contributed by atoms with E-state index in [-0.39, 0.29) is 16.6 Å². The highest BCUT2D eigenvalue weighted by Crippen LogP contribution is 2.26. The Morgan fingerprint density at radius 2 is 2.00 bits per heavy atom. The molecule has 0 saturated heterocycles. The number of H-pyrrole nitrogens is 2. The van der Waals surface area contributed by atoms with Crippen LogP contribution in [0.5, 0.6) is 5.75 Å². The van der Waals surface area contributed by atoms with Crippen LogP contribution in [0.2, 0.25) is 5.02 Å². The Balaban J connectivity index is 1.71. The van der Waals surface area contributed by atoms with Crippen molar-refractivity contribution >= 4 is 34.2 Å². The fourth-order valence-corrected chi connectivity index (χ4v) is 2.49. The van der Waals surface area contributed by atoms with E-state index in [9.17, 15) is 9.59 Å². The number of benzene rings is 2. The highest BCUT2D eigenvalue weighted by atomic mass is 35.5. The number of carbonyl (C=O) groups is 1. The van der Waals surface area contributed by atoms with Crippen LogP contribution in [-0.2, 0) is 4.79 Å². The number of anilines is 1. The predicted octanol–water partition coefficient (Wildman–Crippen LogP) is 2.79. The molecule has 25 heavy (non-hydrogen) atoms. The molecule has 0 radical (unpaired) electrons. The largest absolute Gasteiger partial charge is 0.479 e. The number of nitrogens with one attached hydrogen (secondary N) is 3. The minimum absolute atomic E-state index is 0.255. The molecule has 1 heterocycles. The molecule has 1 aromatic heterocycles. The Hall–Kier alpha value is -3.24. The van der Waals surface area contributed by atoms with Crippen molar-refractivity contribution in [2.24, 2.45) is 0 Å². The highest BCUT2D eigenvalue weighted by molar-refractivity contribution is 6.32. The molecule has 0 spiro atoms. The summed E-state index contributed by atoms with van der Waals surface area (Å²) in [5.74, 6) is -0.0635. The van der Waals surface area contributed by atoms with E-state index in [1.54, 1.807) is 37.3 Å². The van der Waals surface area contributed by atoms with Gasteiger partial charge in [-0.3, -0.25) is 4.79 Å². The number of rotatable bonds is 4. The lowest BCUT2D eigenvalue weighted by atomic mass is 10.2. The molecule has 3 N–H and O–H groups in total. The molecular formula is C17H13ClN4O3. The Labute approximate surface area is 147 Å². The lowest BCUT2D eigenvalue weighted by Crippen LogP contribution is -2.30. The van der Waals surface area contributed by atoms with Crippen molar-refractivity contribution in [3.8, 4) is 11.8 Å². The molecule has 3 aromatic rings. The molecule has 1 amide bonds. The number of carbonyl (C=O) groups excluding carboxylic acids is 1. The summed E-state index contributed by atoms with van der Waals surface area (Å²) in [4.78, 5) is 28.8. The first-order valence-corrected chi connectivity index (χ1v) is 7.73. The molecule has 3 rings (SSSR count). The number of hydrogen-bond acceptors (Lipinski definition) is 4. The number of nitriles is 1. The zero-order chi connectivity index (χ0) is 18.0. The van der Waals surface area contributed by atoms with Crippen molar-refractivity contribution in [3.63, 3.8) is 0 Å². The first kappa shape index (κ1) is 16.6. The topological polar surface area (TPSA) is 111 Å². The van der Waals surface area contributed by atoms with Gasteiger partial charge in [0.1, 0.15) is 5.75 Å². The van der Waals surface area contributed by atoms with Crippen molar-refractivity contribution in [1.29, 1.82) is 5.26 Å². The molecule has 0 saturated carbocycles. The maximum absolute atomic E-state index is 12.3. The zero-order valence-corrected chi connectivity index (χ0v) is 13.8. The second-order valence-electron chi connectivity index (χ2n) is 5.35. The van der Waals surface area contributed by atoms with E-state index in [4.69, 9.17) is 21.6 Å². The van der Waals surface area contributed by atoms with Crippen molar-refractivity contribution < 1.29 is 9.53 Å². The van der Waals surface area contributed by atoms with Crippen LogP contribution < -0.4 is 15.7 Å². The Morgan fingerprint density at radius 3 is 2.72 bits per heavy atom. The van der Waals surface area contributed by atoms with Crippen LogP contribution in [-0.4, -0.2) is 22.0 Å². The predicted molar refractivity (Wildman–Crippen MR) is 93.8 cm³/mol. The van der Waals surface area contributed by atoms with Crippen LogP contribution in [0.15, 0.2) is 41.2 Å². The number of hydrogen-bond donors (Lipinski definition) is 3. The summed E-state index contributed by atoms with van der Waals surface area (Å²) in [6, 6.07) is 11.5. The summed E-state index contributed by atoms with van der Waals surface area (Å²) in [5.41, 5.74) is 1.85. The Bertz CT molecular complexity index is 1050. The fourth-order valence-electron chi connectivity index (χ4n) is 2.26. The molecule has 2 aromatic carbocycles. The lowest BCUT2D eigenvalue weighted by molar-refractivity contribution is -0.122. The van der Waals surface area contributed by atoms with Gasteiger partial charge in [-0.1, -0.05) is 11.6 Å². The monoisotopic (exact) mass is 356 g/mol. The Kier molecular flexibility index (Phi) is 4.46. The maximum Gasteiger partial charge on any atom is 0.323 e. The molecule has 8 heteroatoms. The number of fused-ring (bicyclic) bond motifs is 1. The van der Waals surface area contributed by atoms with Gasteiger partial charge < -0.3 is 20.0 Å². The van der Waals surface area contributed by atoms with E-state index < -0.39 is 6.10 Å². The highest BCUT2D eigenvalue weighted by Gasteiger charge is 2.17. The van der Waals surface area contributed by atoms with Gasteiger partial charge in [-0.05, 0) is 43.3 Å². The van der Waals surface area contributed by atoms with E-state index in [0.29, 0.717) is 28.0 Å². The molecule has 0 aliphatic carbocycles. The number of halogens is 1. The quantitative estimate of drug-likeness (QED) is 0.667. The Morgan fingerprint density at radius 1 is 1.24 bits per heavy atom. The van der Waals surface area contributed by atoms with Crippen LogP contribution in [0.4, 0.5) is 5.69 Å². The van der Waals surface area contributed by atoms with Gasteiger partial charge in [0.25, 0.3) is 5.91 Å². The molecule has 7 nitrogen and oxygen atoms in total. The van der Waals surface area contributed by atoms with Crippen molar-refractivity contribution in [2.75, 3.05) is 5.32 Å². The van der Waals surface area contributed by atoms with Gasteiger partial charge in [-0.2, -0.15) is 5.26 Å². The van der Waals surface area contributed by atoms with E-state index in [2.05, 4.69) is 15.3 Å². The average Bonchev–Trinajstić information content (AvgIpc) is 2.95. The third kappa shape index (κ3) is 3.65. The standard InChI is InChI=1S/C17H13ClN4O3/c1-9(25-15-5-2-10(8-19)6-12(15)18)16(23)20-11-3-4-13-14(7-11)22-17(24)21-13/h2-7,9H,1H3,(H,20,23)(H2,21,22,24)/t9-/m0/s1. The van der Waals surface area contributed by atoms with E-state index in [1.807, 2.05) is 6.07 Å². The zero-order valence-electron chi connectivity index (χ0n) is 13.1. The molecule has 1 atom stereocenters. The molecule has 0 bridgehead atoms. The van der Waals surface area contributed by atoms with Crippen molar-refractivity contribution in [1.82, 2.24) is 9.97 Å². The van der Waals surface area contributed by atoms with Crippen LogP contribution in [0.1, 0.15) is 12.5 Å². The van der Waals surface area contributed by atoms with Gasteiger partial charge in [-0.25, -0.2) is 4.79 Å². The first-order valence-electron chi connectivity index (χ1n) is 7.35. The van der Waals surface area contributed by atoms with Gasteiger partial charge >= 0.3 is 5.69 Å². The summed E-state index contributed by atoms with van der Waals surface area (Å²) >= 11 is 6.04. The minimum Gasteiger partial charge on any atom is -0.479 e. The van der Waals surface area contributed by atoms with E-state index in [1.165, 1.54) is 6.07 Å². The number of amides is 1. The van der Waals surface area contributed by atoms with Crippen LogP contribution >= 0.6 is 11.6 Å². The van der Waals surface area contributed by atoms with Crippen LogP contribution in [0.3, 0.4) is 0 Å². The van der Waals surface area contributed by atoms with Crippen molar-refractivity contribution in [3.05, 3.63) is 57.5 Å².